The Bertz CT molecular complexity index is 413. The van der Waals surface area contributed by atoms with Gasteiger partial charge in [-0.15, -0.1) is 0 Å². The Morgan fingerprint density at radius 3 is 2.67 bits per heavy atom. The Labute approximate surface area is 109 Å². The van der Waals surface area contributed by atoms with Crippen molar-refractivity contribution in [2.24, 2.45) is 11.3 Å². The molecule has 100 valence electrons. The standard InChI is InChI=1S/C14H23N3O/c1-10(2)14(3,4)9-17-11-6-7-16-12(8-11)13(18)15-5/h6-8,10H,9H2,1-5H3,(H,15,18)(H,16,17). The van der Waals surface area contributed by atoms with Crippen LogP contribution in [0.2, 0.25) is 0 Å². The van der Waals surface area contributed by atoms with E-state index >= 15 is 0 Å². The minimum atomic E-state index is -0.165. The van der Waals surface area contributed by atoms with E-state index in [0.717, 1.165) is 12.2 Å². The minimum absolute atomic E-state index is 0.165. The molecule has 18 heavy (non-hydrogen) atoms. The van der Waals surface area contributed by atoms with Crippen LogP contribution < -0.4 is 10.6 Å². The summed E-state index contributed by atoms with van der Waals surface area (Å²) in [4.78, 5) is 15.5. The van der Waals surface area contributed by atoms with Gasteiger partial charge < -0.3 is 10.6 Å². The van der Waals surface area contributed by atoms with Crippen LogP contribution in [0.15, 0.2) is 18.3 Å². The summed E-state index contributed by atoms with van der Waals surface area (Å²) < 4.78 is 0. The normalized spacial score (nSPS) is 11.4. The summed E-state index contributed by atoms with van der Waals surface area (Å²) in [6.45, 7) is 9.74. The molecule has 4 heteroatoms. The lowest BCUT2D eigenvalue weighted by molar-refractivity contribution is 0.0958. The lowest BCUT2D eigenvalue weighted by Crippen LogP contribution is -2.28. The van der Waals surface area contributed by atoms with Gasteiger partial charge >= 0.3 is 0 Å². The van der Waals surface area contributed by atoms with Crippen LogP contribution in [0, 0.1) is 11.3 Å². The first-order valence-electron chi connectivity index (χ1n) is 6.29. The second-order valence-electron chi connectivity index (χ2n) is 5.51. The highest BCUT2D eigenvalue weighted by molar-refractivity contribution is 5.92. The maximum absolute atomic E-state index is 11.5. The smallest absolute Gasteiger partial charge is 0.269 e. The number of anilines is 1. The Balaban J connectivity index is 2.72. The van der Waals surface area contributed by atoms with Crippen molar-refractivity contribution in [1.29, 1.82) is 0 Å². The topological polar surface area (TPSA) is 54.0 Å². The average molecular weight is 249 g/mol. The van der Waals surface area contributed by atoms with Gasteiger partial charge in [0.25, 0.3) is 5.91 Å². The number of hydrogen-bond acceptors (Lipinski definition) is 3. The van der Waals surface area contributed by atoms with Crippen molar-refractivity contribution in [3.63, 3.8) is 0 Å². The number of rotatable bonds is 5. The maximum Gasteiger partial charge on any atom is 0.269 e. The Kier molecular flexibility index (Phi) is 4.70. The van der Waals surface area contributed by atoms with Gasteiger partial charge in [-0.25, -0.2) is 0 Å². The van der Waals surface area contributed by atoms with Gasteiger partial charge in [-0.05, 0) is 23.5 Å². The molecule has 0 unspecified atom stereocenters. The molecule has 1 amide bonds. The highest BCUT2D eigenvalue weighted by Gasteiger charge is 2.21. The fourth-order valence-electron chi connectivity index (χ4n) is 1.33. The van der Waals surface area contributed by atoms with Crippen LogP contribution in [-0.2, 0) is 0 Å². The first-order valence-corrected chi connectivity index (χ1v) is 6.29. The van der Waals surface area contributed by atoms with Gasteiger partial charge in [-0.1, -0.05) is 27.7 Å². The fraction of sp³-hybridized carbons (Fsp3) is 0.571. The van der Waals surface area contributed by atoms with E-state index in [1.54, 1.807) is 19.3 Å². The van der Waals surface area contributed by atoms with E-state index < -0.39 is 0 Å². The van der Waals surface area contributed by atoms with Gasteiger partial charge in [0, 0.05) is 25.5 Å². The molecule has 0 saturated heterocycles. The molecule has 0 aliphatic carbocycles. The molecule has 2 N–H and O–H groups in total. The number of nitrogens with one attached hydrogen (secondary N) is 2. The molecule has 1 rings (SSSR count). The zero-order chi connectivity index (χ0) is 13.8. The summed E-state index contributed by atoms with van der Waals surface area (Å²) in [5, 5.41) is 5.94. The van der Waals surface area contributed by atoms with Gasteiger partial charge in [0.2, 0.25) is 0 Å². The monoisotopic (exact) mass is 249 g/mol. The van der Waals surface area contributed by atoms with Crippen molar-refractivity contribution in [1.82, 2.24) is 10.3 Å². The van der Waals surface area contributed by atoms with Crippen molar-refractivity contribution in [2.75, 3.05) is 18.9 Å². The Morgan fingerprint density at radius 2 is 2.11 bits per heavy atom. The van der Waals surface area contributed by atoms with Crippen LogP contribution in [0.5, 0.6) is 0 Å². The summed E-state index contributed by atoms with van der Waals surface area (Å²) in [6, 6.07) is 3.65. The highest BCUT2D eigenvalue weighted by Crippen LogP contribution is 2.26. The summed E-state index contributed by atoms with van der Waals surface area (Å²) in [6.07, 6.45) is 1.65. The van der Waals surface area contributed by atoms with E-state index in [0.29, 0.717) is 11.6 Å². The van der Waals surface area contributed by atoms with Crippen molar-refractivity contribution < 1.29 is 4.79 Å². The van der Waals surface area contributed by atoms with Crippen molar-refractivity contribution >= 4 is 11.6 Å². The van der Waals surface area contributed by atoms with Gasteiger partial charge in [0.1, 0.15) is 5.69 Å². The van der Waals surface area contributed by atoms with E-state index in [1.807, 2.05) is 6.07 Å². The molecule has 4 nitrogen and oxygen atoms in total. The summed E-state index contributed by atoms with van der Waals surface area (Å²) in [5.74, 6) is 0.423. The predicted octanol–water partition coefficient (Wildman–Crippen LogP) is 2.54. The predicted molar refractivity (Wildman–Crippen MR) is 74.7 cm³/mol. The maximum atomic E-state index is 11.5. The van der Waals surface area contributed by atoms with Gasteiger partial charge in [0.05, 0.1) is 0 Å². The molecule has 1 aromatic heterocycles. The van der Waals surface area contributed by atoms with Gasteiger partial charge in [-0.2, -0.15) is 0 Å². The Morgan fingerprint density at radius 1 is 1.44 bits per heavy atom. The lowest BCUT2D eigenvalue weighted by atomic mass is 9.81. The highest BCUT2D eigenvalue weighted by atomic mass is 16.1. The number of carbonyl (C=O) groups excluding carboxylic acids is 1. The second-order valence-corrected chi connectivity index (χ2v) is 5.51. The zero-order valence-electron chi connectivity index (χ0n) is 11.9. The summed E-state index contributed by atoms with van der Waals surface area (Å²) in [7, 11) is 1.60. The zero-order valence-corrected chi connectivity index (χ0v) is 11.9. The molecule has 0 fully saturated rings. The van der Waals surface area contributed by atoms with Crippen LogP contribution in [0.25, 0.3) is 0 Å². The van der Waals surface area contributed by atoms with E-state index in [-0.39, 0.29) is 11.3 Å². The van der Waals surface area contributed by atoms with Crippen molar-refractivity contribution in [2.45, 2.75) is 27.7 Å². The average Bonchev–Trinajstić information content (AvgIpc) is 2.35. The van der Waals surface area contributed by atoms with E-state index in [2.05, 4.69) is 43.3 Å². The quantitative estimate of drug-likeness (QED) is 0.843. The summed E-state index contributed by atoms with van der Waals surface area (Å²) >= 11 is 0. The third kappa shape index (κ3) is 3.72. The van der Waals surface area contributed by atoms with Crippen molar-refractivity contribution in [3.05, 3.63) is 24.0 Å². The first kappa shape index (κ1) is 14.5. The number of pyridine rings is 1. The van der Waals surface area contributed by atoms with E-state index in [9.17, 15) is 4.79 Å². The third-order valence-corrected chi connectivity index (χ3v) is 3.53. The van der Waals surface area contributed by atoms with Crippen LogP contribution in [-0.4, -0.2) is 24.5 Å². The Hall–Kier alpha value is -1.58. The molecule has 0 spiro atoms. The molecule has 1 aromatic rings. The number of nitrogens with zero attached hydrogens (tertiary/aromatic N) is 1. The number of aromatic nitrogens is 1. The molecule has 0 saturated carbocycles. The lowest BCUT2D eigenvalue weighted by Gasteiger charge is -2.29. The molecule has 1 heterocycles. The second kappa shape index (κ2) is 5.85. The van der Waals surface area contributed by atoms with Crippen molar-refractivity contribution in [3.8, 4) is 0 Å². The number of hydrogen-bond donors (Lipinski definition) is 2. The van der Waals surface area contributed by atoms with Crippen LogP contribution in [0.4, 0.5) is 5.69 Å². The number of amides is 1. The minimum Gasteiger partial charge on any atom is -0.384 e. The molecule has 0 aliphatic heterocycles. The van der Waals surface area contributed by atoms with Crippen LogP contribution in [0.3, 0.4) is 0 Å². The molecule has 0 aromatic carbocycles. The van der Waals surface area contributed by atoms with Crippen LogP contribution >= 0.6 is 0 Å². The molecule has 0 bridgehead atoms. The van der Waals surface area contributed by atoms with Gasteiger partial charge in [0.15, 0.2) is 0 Å². The first-order chi connectivity index (χ1) is 8.36. The summed E-state index contributed by atoms with van der Waals surface area (Å²) in [5.41, 5.74) is 1.57. The van der Waals surface area contributed by atoms with E-state index in [4.69, 9.17) is 0 Å². The SMILES string of the molecule is CNC(=O)c1cc(NCC(C)(C)C(C)C)ccn1. The largest absolute Gasteiger partial charge is 0.384 e. The molecule has 0 radical (unpaired) electrons. The fourth-order valence-corrected chi connectivity index (χ4v) is 1.33. The molecular weight excluding hydrogens is 226 g/mol. The number of carbonyl (C=O) groups is 1. The third-order valence-electron chi connectivity index (χ3n) is 3.53. The molecule has 0 atom stereocenters. The molecular formula is C14H23N3O. The molecule has 0 aliphatic rings. The van der Waals surface area contributed by atoms with Crippen LogP contribution in [0.1, 0.15) is 38.2 Å². The van der Waals surface area contributed by atoms with Gasteiger partial charge in [-0.3, -0.25) is 9.78 Å². The van der Waals surface area contributed by atoms with E-state index in [1.165, 1.54) is 0 Å².